The minimum absolute atomic E-state index is 0. The second kappa shape index (κ2) is 6.39. The zero-order chi connectivity index (χ0) is 15.9. The molecule has 10 nitrogen and oxygen atoms in total. The Labute approximate surface area is 140 Å². The molecule has 0 unspecified atom stereocenters. The van der Waals surface area contributed by atoms with Crippen molar-refractivity contribution in [3.05, 3.63) is 23.3 Å². The van der Waals surface area contributed by atoms with E-state index in [-0.39, 0.29) is 41.7 Å². The molecule has 0 fully saturated rings. The zero-order valence-electron chi connectivity index (χ0n) is 9.21. The van der Waals surface area contributed by atoms with E-state index in [1.54, 1.807) is 0 Å². The van der Waals surface area contributed by atoms with E-state index in [1.807, 2.05) is 0 Å². The summed E-state index contributed by atoms with van der Waals surface area (Å²) in [7, 11) is -10.2. The van der Waals surface area contributed by atoms with Crippen LogP contribution in [0, 0.1) is 0 Å². The molecule has 1 aromatic rings. The molecular formula is C8H7NaO10S2. The van der Waals surface area contributed by atoms with Crippen molar-refractivity contribution in [1.29, 1.82) is 0 Å². The van der Waals surface area contributed by atoms with Crippen molar-refractivity contribution in [3.63, 3.8) is 0 Å². The molecule has 0 spiro atoms. The normalized spacial score (nSPS) is 11.5. The fraction of sp³-hybridized carbons (Fsp3) is 0. The standard InChI is InChI=1S/C8H6O10S2.Na.H/c9-7(10)4-1-3(19(13,14)15)2-5(8(11)12)6(4)20(16,17)18;;/h1-2H,(H,9,10)(H,11,12)(H,13,14,15)(H,16,17,18);;. The third-order valence-electron chi connectivity index (χ3n) is 2.08. The Hall–Kier alpha value is -1.02. The number of hydrogen-bond acceptors (Lipinski definition) is 6. The van der Waals surface area contributed by atoms with Crippen LogP contribution in [-0.4, -0.2) is 77.7 Å². The summed E-state index contributed by atoms with van der Waals surface area (Å²) in [5.41, 5.74) is -2.61. The van der Waals surface area contributed by atoms with Crippen molar-refractivity contribution in [2.24, 2.45) is 0 Å². The predicted molar refractivity (Wildman–Crippen MR) is 67.1 cm³/mol. The first-order valence-electron chi connectivity index (χ1n) is 4.45. The molecular weight excluding hydrogens is 343 g/mol. The molecule has 0 aliphatic rings. The van der Waals surface area contributed by atoms with Crippen LogP contribution >= 0.6 is 0 Å². The van der Waals surface area contributed by atoms with Gasteiger partial charge in [0.1, 0.15) is 4.90 Å². The molecule has 1 aromatic carbocycles. The monoisotopic (exact) mass is 350 g/mol. The van der Waals surface area contributed by atoms with Gasteiger partial charge in [-0.1, -0.05) is 0 Å². The molecule has 21 heavy (non-hydrogen) atoms. The van der Waals surface area contributed by atoms with Gasteiger partial charge in [0, 0.05) is 0 Å². The zero-order valence-corrected chi connectivity index (χ0v) is 10.8. The van der Waals surface area contributed by atoms with Crippen LogP contribution in [-0.2, 0) is 20.2 Å². The third kappa shape index (κ3) is 4.47. The second-order valence-corrected chi connectivity index (χ2v) is 6.19. The summed E-state index contributed by atoms with van der Waals surface area (Å²) in [6, 6.07) is 0.431. The van der Waals surface area contributed by atoms with Crippen molar-refractivity contribution < 1.29 is 45.7 Å². The molecule has 0 radical (unpaired) electrons. The number of rotatable bonds is 4. The van der Waals surface area contributed by atoms with Gasteiger partial charge in [-0.15, -0.1) is 0 Å². The van der Waals surface area contributed by atoms with Crippen LogP contribution in [0.25, 0.3) is 0 Å². The van der Waals surface area contributed by atoms with Gasteiger partial charge in [-0.3, -0.25) is 9.11 Å². The Bertz CT molecular complexity index is 772. The first-order valence-corrected chi connectivity index (χ1v) is 7.33. The van der Waals surface area contributed by atoms with Gasteiger partial charge in [0.15, 0.2) is 0 Å². The fourth-order valence-corrected chi connectivity index (χ4v) is 2.73. The number of carboxylic acid groups (broad SMARTS) is 2. The van der Waals surface area contributed by atoms with Crippen LogP contribution in [0.2, 0.25) is 0 Å². The van der Waals surface area contributed by atoms with E-state index in [0.29, 0.717) is 0 Å². The molecule has 0 bridgehead atoms. The second-order valence-electron chi connectivity index (χ2n) is 3.41. The molecule has 0 aliphatic carbocycles. The topological polar surface area (TPSA) is 183 Å². The van der Waals surface area contributed by atoms with Gasteiger partial charge >= 0.3 is 41.5 Å². The van der Waals surface area contributed by atoms with Crippen LogP contribution in [0.5, 0.6) is 0 Å². The van der Waals surface area contributed by atoms with Crippen molar-refractivity contribution >= 4 is 61.7 Å². The van der Waals surface area contributed by atoms with Gasteiger partial charge in [0.05, 0.1) is 16.0 Å². The molecule has 112 valence electrons. The van der Waals surface area contributed by atoms with Crippen LogP contribution in [0.1, 0.15) is 20.7 Å². The van der Waals surface area contributed by atoms with E-state index in [1.165, 1.54) is 0 Å². The van der Waals surface area contributed by atoms with E-state index in [9.17, 15) is 26.4 Å². The van der Waals surface area contributed by atoms with E-state index in [4.69, 9.17) is 19.3 Å². The summed E-state index contributed by atoms with van der Waals surface area (Å²) in [5.74, 6) is -4.02. The van der Waals surface area contributed by atoms with Gasteiger partial charge in [0.25, 0.3) is 20.2 Å². The SMILES string of the molecule is O=C(O)c1cc(S(=O)(=O)O)cc(C(=O)O)c1S(=O)(=O)O.[NaH]. The minimum atomic E-state index is -5.25. The van der Waals surface area contributed by atoms with Crippen LogP contribution in [0.15, 0.2) is 21.9 Å². The van der Waals surface area contributed by atoms with Crippen LogP contribution in [0.4, 0.5) is 0 Å². The Balaban J connectivity index is 0.00000400. The number of carboxylic acids is 2. The quantitative estimate of drug-likeness (QED) is 0.385. The molecule has 0 aromatic heterocycles. The van der Waals surface area contributed by atoms with E-state index in [0.717, 1.165) is 0 Å². The first-order chi connectivity index (χ1) is 8.85. The van der Waals surface area contributed by atoms with Crippen LogP contribution in [0.3, 0.4) is 0 Å². The Kier molecular flexibility index (Phi) is 6.08. The summed E-state index contributed by atoms with van der Waals surface area (Å²) >= 11 is 0. The van der Waals surface area contributed by atoms with Crippen LogP contribution < -0.4 is 0 Å². The Morgan fingerprint density at radius 3 is 1.33 bits per heavy atom. The molecule has 0 atom stereocenters. The molecule has 0 saturated heterocycles. The Morgan fingerprint density at radius 1 is 0.810 bits per heavy atom. The molecule has 1 rings (SSSR count). The maximum atomic E-state index is 11.1. The molecule has 4 N–H and O–H groups in total. The predicted octanol–water partition coefficient (Wildman–Crippen LogP) is -1.07. The summed E-state index contributed by atoms with van der Waals surface area (Å²) in [6.45, 7) is 0. The third-order valence-corrected chi connectivity index (χ3v) is 3.87. The van der Waals surface area contributed by atoms with Gasteiger partial charge in [-0.05, 0) is 12.1 Å². The van der Waals surface area contributed by atoms with Gasteiger partial charge in [-0.25, -0.2) is 9.59 Å². The number of carbonyl (C=O) groups is 2. The molecule has 0 amide bonds. The number of hydrogen-bond donors (Lipinski definition) is 4. The Morgan fingerprint density at radius 2 is 1.14 bits per heavy atom. The number of benzene rings is 1. The van der Waals surface area contributed by atoms with Crippen molar-refractivity contribution in [2.75, 3.05) is 0 Å². The average molecular weight is 350 g/mol. The van der Waals surface area contributed by atoms with Crippen molar-refractivity contribution in [2.45, 2.75) is 9.79 Å². The first kappa shape index (κ1) is 20.0. The van der Waals surface area contributed by atoms with E-state index >= 15 is 0 Å². The number of aromatic carboxylic acids is 2. The summed E-state index contributed by atoms with van der Waals surface area (Å²) in [5, 5.41) is 17.6. The van der Waals surface area contributed by atoms with Gasteiger partial charge in [-0.2, -0.15) is 16.8 Å². The summed E-state index contributed by atoms with van der Waals surface area (Å²) < 4.78 is 61.6. The fourth-order valence-electron chi connectivity index (χ4n) is 1.35. The van der Waals surface area contributed by atoms with E-state index < -0.39 is 53.1 Å². The van der Waals surface area contributed by atoms with Crippen molar-refractivity contribution in [3.8, 4) is 0 Å². The summed E-state index contributed by atoms with van der Waals surface area (Å²) in [4.78, 5) is 19.1. The average Bonchev–Trinajstić information content (AvgIpc) is 2.24. The molecule has 0 saturated carbocycles. The van der Waals surface area contributed by atoms with E-state index in [2.05, 4.69) is 0 Å². The van der Waals surface area contributed by atoms with Crippen molar-refractivity contribution in [1.82, 2.24) is 0 Å². The summed E-state index contributed by atoms with van der Waals surface area (Å²) in [6.07, 6.45) is 0. The molecule has 13 heteroatoms. The molecule has 0 heterocycles. The molecule has 0 aliphatic heterocycles. The van der Waals surface area contributed by atoms with Gasteiger partial charge in [0.2, 0.25) is 0 Å². The maximum absolute atomic E-state index is 11.1. The van der Waals surface area contributed by atoms with Gasteiger partial charge < -0.3 is 10.2 Å².